The minimum atomic E-state index is -1.34. The van der Waals surface area contributed by atoms with Crippen molar-refractivity contribution in [1.29, 1.82) is 0 Å². The SMILES string of the molecule is CCCCN1CC=C[C@]23O[C@]4(C)C=CCN(c5ccc(OCC)cc5)C(=O)[C@@H]4[C@H]2C(=O)N([C@@H](CO)[C@@H](C)CC)C3C1=O. The summed E-state index contributed by atoms with van der Waals surface area (Å²) in [5.41, 5.74) is -1.74. The third kappa shape index (κ3) is 4.74. The molecule has 0 saturated carbocycles. The van der Waals surface area contributed by atoms with Crippen molar-refractivity contribution in [2.75, 3.05) is 37.7 Å². The molecule has 1 aromatic rings. The Labute approximate surface area is 249 Å². The highest BCUT2D eigenvalue weighted by molar-refractivity contribution is 6.04. The fraction of sp³-hybridized carbons (Fsp3) is 0.606. The van der Waals surface area contributed by atoms with Gasteiger partial charge in [-0.2, -0.15) is 0 Å². The van der Waals surface area contributed by atoms with Gasteiger partial charge in [-0.05, 0) is 50.5 Å². The molecule has 2 fully saturated rings. The first-order valence-corrected chi connectivity index (χ1v) is 15.5. The number of hydrogen-bond acceptors (Lipinski definition) is 6. The summed E-state index contributed by atoms with van der Waals surface area (Å²) in [5, 5.41) is 10.6. The summed E-state index contributed by atoms with van der Waals surface area (Å²) in [5.74, 6) is -1.85. The third-order valence-electron chi connectivity index (χ3n) is 9.66. The molecule has 4 aliphatic rings. The minimum absolute atomic E-state index is 0.0598. The molecular weight excluding hydrogens is 534 g/mol. The number of nitrogens with zero attached hydrogens (tertiary/aromatic N) is 3. The number of likely N-dealkylation sites (tertiary alicyclic amines) is 1. The largest absolute Gasteiger partial charge is 0.494 e. The van der Waals surface area contributed by atoms with E-state index in [0.29, 0.717) is 37.7 Å². The molecule has 1 aromatic carbocycles. The van der Waals surface area contributed by atoms with Gasteiger partial charge in [-0.25, -0.2) is 0 Å². The number of carbonyl (C=O) groups excluding carboxylic acids is 3. The van der Waals surface area contributed by atoms with Crippen LogP contribution in [0.3, 0.4) is 0 Å². The van der Waals surface area contributed by atoms with Gasteiger partial charge in [0.05, 0.1) is 36.7 Å². The van der Waals surface area contributed by atoms with Crippen LogP contribution in [0.4, 0.5) is 5.69 Å². The van der Waals surface area contributed by atoms with Gasteiger partial charge in [0.2, 0.25) is 17.7 Å². The normalized spacial score (nSPS) is 31.9. The zero-order valence-corrected chi connectivity index (χ0v) is 25.5. The molecule has 1 spiro atoms. The number of aliphatic hydroxyl groups excluding tert-OH is 1. The fourth-order valence-corrected chi connectivity index (χ4v) is 7.35. The summed E-state index contributed by atoms with van der Waals surface area (Å²) in [6.45, 7) is 11.4. The van der Waals surface area contributed by atoms with Crippen molar-refractivity contribution in [2.45, 2.75) is 77.2 Å². The van der Waals surface area contributed by atoms with E-state index in [1.807, 2.05) is 76.3 Å². The van der Waals surface area contributed by atoms with E-state index >= 15 is 0 Å². The maximum absolute atomic E-state index is 14.7. The number of benzene rings is 1. The molecule has 0 radical (unpaired) electrons. The molecule has 228 valence electrons. The van der Waals surface area contributed by atoms with Crippen LogP contribution in [0.25, 0.3) is 0 Å². The Balaban J connectivity index is 1.61. The van der Waals surface area contributed by atoms with Crippen LogP contribution in [0.1, 0.15) is 53.9 Å². The second kappa shape index (κ2) is 11.8. The van der Waals surface area contributed by atoms with Gasteiger partial charge in [0, 0.05) is 25.3 Å². The van der Waals surface area contributed by atoms with Gasteiger partial charge in [0.15, 0.2) is 0 Å². The van der Waals surface area contributed by atoms with Gasteiger partial charge < -0.3 is 29.3 Å². The van der Waals surface area contributed by atoms with E-state index in [2.05, 4.69) is 6.92 Å². The van der Waals surface area contributed by atoms with Crippen molar-refractivity contribution in [3.63, 3.8) is 0 Å². The van der Waals surface area contributed by atoms with Crippen LogP contribution < -0.4 is 9.64 Å². The summed E-state index contributed by atoms with van der Waals surface area (Å²) in [4.78, 5) is 48.7. The van der Waals surface area contributed by atoms with E-state index in [9.17, 15) is 19.5 Å². The Morgan fingerprint density at radius 3 is 2.36 bits per heavy atom. The van der Waals surface area contributed by atoms with Gasteiger partial charge in [0.25, 0.3) is 0 Å². The molecule has 0 aliphatic carbocycles. The highest BCUT2D eigenvalue weighted by atomic mass is 16.5. The predicted octanol–water partition coefficient (Wildman–Crippen LogP) is 3.56. The van der Waals surface area contributed by atoms with E-state index < -0.39 is 35.1 Å². The maximum atomic E-state index is 14.7. The number of ether oxygens (including phenoxy) is 2. The van der Waals surface area contributed by atoms with Crippen molar-refractivity contribution in [3.05, 3.63) is 48.6 Å². The smallest absolute Gasteiger partial charge is 0.249 e. The van der Waals surface area contributed by atoms with E-state index in [1.165, 1.54) is 0 Å². The lowest BCUT2D eigenvalue weighted by molar-refractivity contribution is -0.155. The molecule has 7 atom stereocenters. The van der Waals surface area contributed by atoms with E-state index in [1.54, 1.807) is 14.7 Å². The van der Waals surface area contributed by atoms with Gasteiger partial charge in [-0.3, -0.25) is 14.4 Å². The highest BCUT2D eigenvalue weighted by Crippen LogP contribution is 2.58. The van der Waals surface area contributed by atoms with Gasteiger partial charge >= 0.3 is 0 Å². The molecule has 2 saturated heterocycles. The summed E-state index contributed by atoms with van der Waals surface area (Å²) in [6, 6.07) is 5.82. The number of unbranched alkanes of at least 4 members (excludes halogenated alkanes) is 1. The average Bonchev–Trinajstić information content (AvgIpc) is 3.25. The summed E-state index contributed by atoms with van der Waals surface area (Å²) >= 11 is 0. The molecule has 0 aromatic heterocycles. The Hall–Kier alpha value is -3.17. The van der Waals surface area contributed by atoms with Crippen LogP contribution in [0, 0.1) is 17.8 Å². The van der Waals surface area contributed by atoms with Gasteiger partial charge in [-0.15, -0.1) is 0 Å². The van der Waals surface area contributed by atoms with Crippen molar-refractivity contribution in [2.24, 2.45) is 17.8 Å². The van der Waals surface area contributed by atoms with Gasteiger partial charge in [0.1, 0.15) is 17.4 Å². The van der Waals surface area contributed by atoms with Crippen molar-refractivity contribution in [3.8, 4) is 5.75 Å². The Morgan fingerprint density at radius 1 is 1.00 bits per heavy atom. The molecule has 3 amide bonds. The van der Waals surface area contributed by atoms with E-state index in [-0.39, 0.29) is 30.2 Å². The quantitative estimate of drug-likeness (QED) is 0.426. The van der Waals surface area contributed by atoms with Crippen LogP contribution in [0.5, 0.6) is 5.75 Å². The van der Waals surface area contributed by atoms with Crippen LogP contribution in [0.15, 0.2) is 48.6 Å². The second-order valence-electron chi connectivity index (χ2n) is 12.2. The van der Waals surface area contributed by atoms with E-state index in [0.717, 1.165) is 19.3 Å². The fourth-order valence-electron chi connectivity index (χ4n) is 7.35. The topological polar surface area (TPSA) is 99.6 Å². The lowest BCUT2D eigenvalue weighted by Crippen LogP contribution is -2.59. The average molecular weight is 580 g/mol. The molecule has 9 nitrogen and oxygen atoms in total. The van der Waals surface area contributed by atoms with Crippen LogP contribution in [0.2, 0.25) is 0 Å². The highest BCUT2D eigenvalue weighted by Gasteiger charge is 2.75. The Kier molecular flexibility index (Phi) is 8.54. The van der Waals surface area contributed by atoms with Crippen LogP contribution in [-0.2, 0) is 19.1 Å². The Bertz CT molecular complexity index is 1250. The first-order valence-electron chi connectivity index (χ1n) is 15.5. The summed E-state index contributed by atoms with van der Waals surface area (Å²) in [6.07, 6.45) is 10.1. The molecule has 0 bridgehead atoms. The molecule has 5 rings (SSSR count). The number of amides is 3. The minimum Gasteiger partial charge on any atom is -0.494 e. The first kappa shape index (κ1) is 30.3. The summed E-state index contributed by atoms with van der Waals surface area (Å²) < 4.78 is 12.5. The standard InChI is InChI=1S/C33H45N3O6/c1-6-9-18-34-19-11-17-33-27(30(39)36(28(33)31(34)40)25(21-37)22(4)7-2)26-29(38)35(20-10-16-32(26,5)42-33)23-12-14-24(15-13-23)41-8-3/h10-17,22,25-28,37H,6-9,18-21H2,1-5H3/t22-,25-,26-,27-,28?,32+,33-/m0/s1. The number of anilines is 1. The zero-order chi connectivity index (χ0) is 30.2. The monoisotopic (exact) mass is 579 g/mol. The van der Waals surface area contributed by atoms with Gasteiger partial charge in [-0.1, -0.05) is 57.9 Å². The molecule has 1 N–H and O–H groups in total. The first-order chi connectivity index (χ1) is 20.2. The lowest BCUT2D eigenvalue weighted by atomic mass is 9.74. The molecule has 4 heterocycles. The number of rotatable bonds is 10. The molecule has 42 heavy (non-hydrogen) atoms. The zero-order valence-electron chi connectivity index (χ0n) is 25.5. The molecular formula is C33H45N3O6. The van der Waals surface area contributed by atoms with Crippen molar-refractivity contribution >= 4 is 23.4 Å². The molecule has 1 unspecified atom stereocenters. The van der Waals surface area contributed by atoms with E-state index in [4.69, 9.17) is 9.47 Å². The van der Waals surface area contributed by atoms with Crippen LogP contribution in [-0.4, -0.2) is 88.8 Å². The second-order valence-corrected chi connectivity index (χ2v) is 12.2. The predicted molar refractivity (Wildman–Crippen MR) is 160 cm³/mol. The number of aliphatic hydroxyl groups is 1. The van der Waals surface area contributed by atoms with Crippen molar-refractivity contribution < 1.29 is 29.0 Å². The number of hydrogen-bond donors (Lipinski definition) is 1. The third-order valence-corrected chi connectivity index (χ3v) is 9.66. The lowest BCUT2D eigenvalue weighted by Gasteiger charge is -2.41. The molecule has 4 aliphatic heterocycles. The maximum Gasteiger partial charge on any atom is 0.249 e. The van der Waals surface area contributed by atoms with Crippen LogP contribution >= 0.6 is 0 Å². The summed E-state index contributed by atoms with van der Waals surface area (Å²) in [7, 11) is 0. The molecule has 9 heteroatoms. The van der Waals surface area contributed by atoms with Crippen molar-refractivity contribution in [1.82, 2.24) is 9.80 Å². The Morgan fingerprint density at radius 2 is 1.71 bits per heavy atom. The number of carbonyl (C=O) groups is 3. The number of fused-ring (bicyclic) bond motifs is 2.